The normalized spacial score (nSPS) is 10.2. The molecule has 6 heteroatoms. The van der Waals surface area contributed by atoms with Gasteiger partial charge in [0.05, 0.1) is 11.4 Å². The maximum absolute atomic E-state index is 11.3. The van der Waals surface area contributed by atoms with Crippen molar-refractivity contribution >= 4 is 39.8 Å². The van der Waals surface area contributed by atoms with Gasteiger partial charge in [0.1, 0.15) is 4.34 Å². The first kappa shape index (κ1) is 11.9. The van der Waals surface area contributed by atoms with Crippen molar-refractivity contribution in [3.05, 3.63) is 40.4 Å². The zero-order valence-corrected chi connectivity index (χ0v) is 10.5. The minimum absolute atomic E-state index is 0.353. The van der Waals surface area contributed by atoms with E-state index in [0.717, 1.165) is 16.2 Å². The number of nitrogens with zero attached hydrogens (tertiary/aromatic N) is 2. The Morgan fingerprint density at radius 3 is 2.53 bits per heavy atom. The van der Waals surface area contributed by atoms with E-state index in [0.29, 0.717) is 20.8 Å². The Labute approximate surface area is 107 Å². The molecule has 1 aromatic carbocycles. The first-order valence-electron chi connectivity index (χ1n) is 4.80. The van der Waals surface area contributed by atoms with Gasteiger partial charge in [0, 0.05) is 0 Å². The lowest BCUT2D eigenvalue weighted by atomic mass is 10.3. The van der Waals surface area contributed by atoms with Crippen LogP contribution in [0, 0.1) is 6.92 Å². The summed E-state index contributed by atoms with van der Waals surface area (Å²) in [4.78, 5) is 16.5. The molecular formula is C11H9ClN2O2S. The van der Waals surface area contributed by atoms with Crippen LogP contribution in [-0.2, 0) is 0 Å². The van der Waals surface area contributed by atoms with Crippen molar-refractivity contribution < 1.29 is 9.90 Å². The van der Waals surface area contributed by atoms with Crippen LogP contribution in [0.4, 0.5) is 15.6 Å². The summed E-state index contributed by atoms with van der Waals surface area (Å²) in [6.45, 7) is 1.74. The molecule has 1 heterocycles. The SMILES string of the molecule is Cc1nc(N(C(=O)O)c2ccccc2)sc1Cl. The Hall–Kier alpha value is -1.59. The fourth-order valence-electron chi connectivity index (χ4n) is 1.34. The summed E-state index contributed by atoms with van der Waals surface area (Å²) < 4.78 is 0.502. The van der Waals surface area contributed by atoms with Crippen LogP contribution in [0.3, 0.4) is 0 Å². The molecule has 4 nitrogen and oxygen atoms in total. The first-order chi connectivity index (χ1) is 8.09. The van der Waals surface area contributed by atoms with Crippen LogP contribution in [0.25, 0.3) is 0 Å². The number of benzene rings is 1. The van der Waals surface area contributed by atoms with Crippen LogP contribution < -0.4 is 4.90 Å². The molecule has 0 fully saturated rings. The zero-order valence-electron chi connectivity index (χ0n) is 8.92. The Morgan fingerprint density at radius 1 is 1.41 bits per heavy atom. The van der Waals surface area contributed by atoms with Crippen LogP contribution in [0.1, 0.15) is 5.69 Å². The van der Waals surface area contributed by atoms with E-state index in [1.165, 1.54) is 0 Å². The molecular weight excluding hydrogens is 260 g/mol. The van der Waals surface area contributed by atoms with Crippen molar-refractivity contribution in [2.75, 3.05) is 4.90 Å². The third-order valence-electron chi connectivity index (χ3n) is 2.13. The minimum Gasteiger partial charge on any atom is -0.464 e. The third-order valence-corrected chi connectivity index (χ3v) is 3.56. The number of aryl methyl sites for hydroxylation is 1. The number of aromatic nitrogens is 1. The predicted octanol–water partition coefficient (Wildman–Crippen LogP) is 3.92. The fraction of sp³-hybridized carbons (Fsp3) is 0.0909. The molecule has 1 aromatic heterocycles. The second-order valence-electron chi connectivity index (χ2n) is 3.31. The fourth-order valence-corrected chi connectivity index (χ4v) is 2.40. The molecule has 88 valence electrons. The number of carboxylic acid groups (broad SMARTS) is 1. The zero-order chi connectivity index (χ0) is 12.4. The number of halogens is 1. The first-order valence-corrected chi connectivity index (χ1v) is 6.00. The lowest BCUT2D eigenvalue weighted by Crippen LogP contribution is -2.23. The molecule has 0 spiro atoms. The lowest BCUT2D eigenvalue weighted by molar-refractivity contribution is 0.205. The minimum atomic E-state index is -1.08. The van der Waals surface area contributed by atoms with E-state index in [4.69, 9.17) is 11.6 Å². The average Bonchev–Trinajstić information content (AvgIpc) is 2.60. The highest BCUT2D eigenvalue weighted by molar-refractivity contribution is 7.19. The highest BCUT2D eigenvalue weighted by atomic mass is 35.5. The Kier molecular flexibility index (Phi) is 3.31. The number of anilines is 2. The van der Waals surface area contributed by atoms with Gasteiger partial charge in [-0.25, -0.2) is 14.7 Å². The van der Waals surface area contributed by atoms with Gasteiger partial charge in [-0.3, -0.25) is 0 Å². The number of rotatable bonds is 2. The summed E-state index contributed by atoms with van der Waals surface area (Å²) in [6.07, 6.45) is -1.08. The summed E-state index contributed by atoms with van der Waals surface area (Å²) in [7, 11) is 0. The topological polar surface area (TPSA) is 53.4 Å². The maximum atomic E-state index is 11.3. The van der Waals surface area contributed by atoms with Crippen LogP contribution in [-0.4, -0.2) is 16.2 Å². The van der Waals surface area contributed by atoms with Gasteiger partial charge in [-0.2, -0.15) is 0 Å². The van der Waals surface area contributed by atoms with Gasteiger partial charge in [-0.05, 0) is 19.1 Å². The monoisotopic (exact) mass is 268 g/mol. The second kappa shape index (κ2) is 4.73. The Morgan fingerprint density at radius 2 is 2.06 bits per heavy atom. The number of para-hydroxylation sites is 1. The van der Waals surface area contributed by atoms with Gasteiger partial charge >= 0.3 is 6.09 Å². The molecule has 0 saturated heterocycles. The quantitative estimate of drug-likeness (QED) is 0.898. The number of amides is 1. The molecule has 0 radical (unpaired) electrons. The van der Waals surface area contributed by atoms with Gasteiger partial charge in [-0.1, -0.05) is 41.1 Å². The van der Waals surface area contributed by atoms with Crippen LogP contribution in [0.2, 0.25) is 4.34 Å². The van der Waals surface area contributed by atoms with Gasteiger partial charge in [0.25, 0.3) is 0 Å². The smallest absolute Gasteiger partial charge is 0.418 e. The van der Waals surface area contributed by atoms with E-state index in [9.17, 15) is 9.90 Å². The molecule has 0 aliphatic carbocycles. The summed E-state index contributed by atoms with van der Waals surface area (Å²) >= 11 is 7.05. The van der Waals surface area contributed by atoms with Gasteiger partial charge < -0.3 is 5.11 Å². The molecule has 0 unspecified atom stereocenters. The number of hydrogen-bond donors (Lipinski definition) is 1. The molecule has 17 heavy (non-hydrogen) atoms. The predicted molar refractivity (Wildman–Crippen MR) is 68.5 cm³/mol. The third kappa shape index (κ3) is 2.40. The van der Waals surface area contributed by atoms with E-state index in [-0.39, 0.29) is 0 Å². The Bertz CT molecular complexity index is 522. The number of hydrogen-bond acceptors (Lipinski definition) is 3. The van der Waals surface area contributed by atoms with Crippen molar-refractivity contribution in [3.8, 4) is 0 Å². The van der Waals surface area contributed by atoms with Crippen LogP contribution >= 0.6 is 22.9 Å². The lowest BCUT2D eigenvalue weighted by Gasteiger charge is -2.15. The molecule has 2 aromatic rings. The van der Waals surface area contributed by atoms with E-state index in [1.54, 1.807) is 31.2 Å². The summed E-state index contributed by atoms with van der Waals surface area (Å²) in [6, 6.07) is 8.78. The second-order valence-corrected chi connectivity index (χ2v) is 4.89. The molecule has 0 saturated carbocycles. The van der Waals surface area contributed by atoms with E-state index < -0.39 is 6.09 Å². The largest absolute Gasteiger partial charge is 0.464 e. The highest BCUT2D eigenvalue weighted by Crippen LogP contribution is 2.34. The molecule has 0 aliphatic heterocycles. The van der Waals surface area contributed by atoms with Gasteiger partial charge in [0.2, 0.25) is 5.13 Å². The molecule has 2 rings (SSSR count). The highest BCUT2D eigenvalue weighted by Gasteiger charge is 2.21. The Balaban J connectivity index is 2.47. The van der Waals surface area contributed by atoms with Crippen LogP contribution in [0.15, 0.2) is 30.3 Å². The van der Waals surface area contributed by atoms with Crippen molar-refractivity contribution in [2.24, 2.45) is 0 Å². The number of thiazole rings is 1. The standard InChI is InChI=1S/C11H9ClN2O2S/c1-7-9(12)17-10(13-7)14(11(15)16)8-5-3-2-4-6-8/h2-6H,1H3,(H,15,16). The molecule has 0 aliphatic rings. The molecule has 1 N–H and O–H groups in total. The summed E-state index contributed by atoms with van der Waals surface area (Å²) in [5.74, 6) is 0. The van der Waals surface area contributed by atoms with Crippen molar-refractivity contribution in [3.63, 3.8) is 0 Å². The van der Waals surface area contributed by atoms with Crippen LogP contribution in [0.5, 0.6) is 0 Å². The maximum Gasteiger partial charge on any atom is 0.418 e. The average molecular weight is 269 g/mol. The van der Waals surface area contributed by atoms with E-state index >= 15 is 0 Å². The molecule has 1 amide bonds. The summed E-state index contributed by atoms with van der Waals surface area (Å²) in [5.41, 5.74) is 1.18. The van der Waals surface area contributed by atoms with E-state index in [1.807, 2.05) is 6.07 Å². The van der Waals surface area contributed by atoms with Gasteiger partial charge in [0.15, 0.2) is 0 Å². The van der Waals surface area contributed by atoms with Crippen molar-refractivity contribution in [1.82, 2.24) is 4.98 Å². The number of carbonyl (C=O) groups is 1. The molecule has 0 atom stereocenters. The van der Waals surface area contributed by atoms with Gasteiger partial charge in [-0.15, -0.1) is 0 Å². The molecule has 0 bridgehead atoms. The van der Waals surface area contributed by atoms with E-state index in [2.05, 4.69) is 4.98 Å². The van der Waals surface area contributed by atoms with Crippen molar-refractivity contribution in [1.29, 1.82) is 0 Å². The summed E-state index contributed by atoms with van der Waals surface area (Å²) in [5, 5.41) is 9.58. The van der Waals surface area contributed by atoms with Crippen molar-refractivity contribution in [2.45, 2.75) is 6.92 Å².